The van der Waals surface area contributed by atoms with Gasteiger partial charge in [-0.2, -0.15) is 0 Å². The lowest BCUT2D eigenvalue weighted by Crippen LogP contribution is -2.38. The summed E-state index contributed by atoms with van der Waals surface area (Å²) in [4.78, 5) is 25.6. The molecule has 1 aromatic rings. The Balaban J connectivity index is 1.75. The third-order valence-electron chi connectivity index (χ3n) is 4.53. The third kappa shape index (κ3) is 2.30. The van der Waals surface area contributed by atoms with E-state index >= 15 is 0 Å². The van der Waals surface area contributed by atoms with E-state index in [0.717, 1.165) is 31.5 Å². The van der Waals surface area contributed by atoms with Gasteiger partial charge in [-0.25, -0.2) is 0 Å². The highest BCUT2D eigenvalue weighted by atomic mass is 16.4. The van der Waals surface area contributed by atoms with Crippen molar-refractivity contribution < 1.29 is 14.7 Å². The molecule has 4 heteroatoms. The van der Waals surface area contributed by atoms with Gasteiger partial charge in [-0.3, -0.25) is 9.59 Å². The van der Waals surface area contributed by atoms with Gasteiger partial charge in [-0.1, -0.05) is 24.6 Å². The minimum absolute atomic E-state index is 0.112. The van der Waals surface area contributed by atoms with Gasteiger partial charge >= 0.3 is 5.97 Å². The Hall–Kier alpha value is -1.84. The van der Waals surface area contributed by atoms with Crippen LogP contribution in [-0.4, -0.2) is 23.5 Å². The normalized spacial score (nSPS) is 25.3. The second-order valence-corrected chi connectivity index (χ2v) is 5.77. The third-order valence-corrected chi connectivity index (χ3v) is 4.53. The lowest BCUT2D eigenvalue weighted by atomic mass is 9.80. The largest absolute Gasteiger partial charge is 0.481 e. The van der Waals surface area contributed by atoms with Crippen LogP contribution in [0, 0.1) is 11.8 Å². The smallest absolute Gasteiger partial charge is 0.306 e. The first-order valence-corrected chi connectivity index (χ1v) is 7.29. The van der Waals surface area contributed by atoms with E-state index in [9.17, 15) is 9.59 Å². The summed E-state index contributed by atoms with van der Waals surface area (Å²) in [5.41, 5.74) is 2.22. The molecule has 2 atom stereocenters. The molecule has 1 saturated carbocycles. The van der Waals surface area contributed by atoms with Gasteiger partial charge < -0.3 is 10.0 Å². The first kappa shape index (κ1) is 13.2. The zero-order valence-electron chi connectivity index (χ0n) is 11.4. The molecule has 0 radical (unpaired) electrons. The van der Waals surface area contributed by atoms with Crippen LogP contribution in [0.1, 0.15) is 31.2 Å². The predicted molar refractivity (Wildman–Crippen MR) is 75.6 cm³/mol. The van der Waals surface area contributed by atoms with Crippen LogP contribution >= 0.6 is 0 Å². The summed E-state index contributed by atoms with van der Waals surface area (Å²) in [6.07, 6.45) is 3.75. The molecule has 0 bridgehead atoms. The van der Waals surface area contributed by atoms with Gasteiger partial charge in [-0.05, 0) is 37.3 Å². The Morgan fingerprint density at radius 3 is 2.70 bits per heavy atom. The Morgan fingerprint density at radius 1 is 1.15 bits per heavy atom. The monoisotopic (exact) mass is 273 g/mol. The van der Waals surface area contributed by atoms with Crippen molar-refractivity contribution in [2.45, 2.75) is 32.1 Å². The number of para-hydroxylation sites is 1. The van der Waals surface area contributed by atoms with E-state index in [2.05, 4.69) is 6.07 Å². The van der Waals surface area contributed by atoms with E-state index < -0.39 is 5.97 Å². The zero-order chi connectivity index (χ0) is 14.1. The maximum Gasteiger partial charge on any atom is 0.306 e. The molecule has 3 rings (SSSR count). The Labute approximate surface area is 118 Å². The Bertz CT molecular complexity index is 540. The first-order chi connectivity index (χ1) is 9.66. The summed E-state index contributed by atoms with van der Waals surface area (Å²) in [6.45, 7) is 0.729. The van der Waals surface area contributed by atoms with Gasteiger partial charge in [0.15, 0.2) is 0 Å². The van der Waals surface area contributed by atoms with Crippen molar-refractivity contribution in [2.75, 3.05) is 11.4 Å². The number of anilines is 1. The van der Waals surface area contributed by atoms with E-state index in [4.69, 9.17) is 5.11 Å². The molecular formula is C16H19NO3. The van der Waals surface area contributed by atoms with Gasteiger partial charge in [0.1, 0.15) is 0 Å². The molecule has 1 amide bonds. The number of benzene rings is 1. The fourth-order valence-electron chi connectivity index (χ4n) is 3.43. The number of fused-ring (bicyclic) bond motifs is 1. The summed E-state index contributed by atoms with van der Waals surface area (Å²) in [7, 11) is 0. The standard InChI is InChI=1S/C16H19NO3/c18-15(12-5-3-6-13(10-12)16(19)20)17-9-8-11-4-1-2-7-14(11)17/h1-2,4,7,12-13H,3,5-6,8-10H2,(H,19,20). The molecule has 106 valence electrons. The topological polar surface area (TPSA) is 57.6 Å². The van der Waals surface area contributed by atoms with Gasteiger partial charge in [0, 0.05) is 18.2 Å². The van der Waals surface area contributed by atoms with Crippen molar-refractivity contribution in [1.29, 1.82) is 0 Å². The van der Waals surface area contributed by atoms with Crippen LogP contribution < -0.4 is 4.90 Å². The van der Waals surface area contributed by atoms with E-state index in [1.54, 1.807) is 0 Å². The summed E-state index contributed by atoms with van der Waals surface area (Å²) in [6, 6.07) is 7.99. The fourth-order valence-corrected chi connectivity index (χ4v) is 3.43. The summed E-state index contributed by atoms with van der Waals surface area (Å²) in [5.74, 6) is -1.13. The second-order valence-electron chi connectivity index (χ2n) is 5.77. The number of hydrogen-bond acceptors (Lipinski definition) is 2. The molecule has 2 aliphatic rings. The molecule has 0 aromatic heterocycles. The van der Waals surface area contributed by atoms with E-state index in [1.807, 2.05) is 23.1 Å². The highest BCUT2D eigenvalue weighted by molar-refractivity contribution is 5.97. The zero-order valence-corrected chi connectivity index (χ0v) is 11.4. The van der Waals surface area contributed by atoms with Crippen LogP contribution in [0.4, 0.5) is 5.69 Å². The molecule has 1 aliphatic heterocycles. The van der Waals surface area contributed by atoms with Crippen molar-refractivity contribution in [3.8, 4) is 0 Å². The van der Waals surface area contributed by atoms with Gasteiger partial charge in [0.05, 0.1) is 5.92 Å². The van der Waals surface area contributed by atoms with Crippen LogP contribution in [0.25, 0.3) is 0 Å². The lowest BCUT2D eigenvalue weighted by molar-refractivity contribution is -0.143. The SMILES string of the molecule is O=C(O)C1CCCC(C(=O)N2CCc3ccccc32)C1. The average molecular weight is 273 g/mol. The molecule has 0 saturated heterocycles. The quantitative estimate of drug-likeness (QED) is 0.900. The molecule has 1 N–H and O–H groups in total. The van der Waals surface area contributed by atoms with Gasteiger partial charge in [0.2, 0.25) is 5.91 Å². The number of carbonyl (C=O) groups excluding carboxylic acids is 1. The minimum atomic E-state index is -0.760. The lowest BCUT2D eigenvalue weighted by Gasteiger charge is -2.29. The van der Waals surface area contributed by atoms with E-state index in [1.165, 1.54) is 5.56 Å². The van der Waals surface area contributed by atoms with Crippen molar-refractivity contribution in [2.24, 2.45) is 11.8 Å². The maximum absolute atomic E-state index is 12.7. The maximum atomic E-state index is 12.7. The second kappa shape index (κ2) is 5.27. The van der Waals surface area contributed by atoms with Crippen molar-refractivity contribution in [3.05, 3.63) is 29.8 Å². The molecule has 1 aromatic carbocycles. The molecule has 0 spiro atoms. The first-order valence-electron chi connectivity index (χ1n) is 7.29. The number of carboxylic acids is 1. The van der Waals surface area contributed by atoms with Crippen molar-refractivity contribution >= 4 is 17.6 Å². The van der Waals surface area contributed by atoms with E-state index in [-0.39, 0.29) is 17.7 Å². The van der Waals surface area contributed by atoms with Crippen LogP contribution in [0.15, 0.2) is 24.3 Å². The number of nitrogens with zero attached hydrogens (tertiary/aromatic N) is 1. The molecule has 2 unspecified atom stereocenters. The highest BCUT2D eigenvalue weighted by Gasteiger charge is 2.35. The summed E-state index contributed by atoms with van der Waals surface area (Å²) >= 11 is 0. The van der Waals surface area contributed by atoms with Crippen molar-refractivity contribution in [1.82, 2.24) is 0 Å². The highest BCUT2D eigenvalue weighted by Crippen LogP contribution is 2.34. The van der Waals surface area contributed by atoms with E-state index in [0.29, 0.717) is 12.8 Å². The van der Waals surface area contributed by atoms with Crippen LogP contribution in [0.5, 0.6) is 0 Å². The molecular weight excluding hydrogens is 254 g/mol. The number of rotatable bonds is 2. The molecule has 4 nitrogen and oxygen atoms in total. The predicted octanol–water partition coefficient (Wildman–Crippen LogP) is 2.47. The summed E-state index contributed by atoms with van der Waals surface area (Å²) < 4.78 is 0. The van der Waals surface area contributed by atoms with Crippen LogP contribution in [-0.2, 0) is 16.0 Å². The minimum Gasteiger partial charge on any atom is -0.481 e. The molecule has 1 heterocycles. The van der Waals surface area contributed by atoms with Crippen LogP contribution in [0.2, 0.25) is 0 Å². The van der Waals surface area contributed by atoms with Gasteiger partial charge in [0.25, 0.3) is 0 Å². The molecule has 1 fully saturated rings. The van der Waals surface area contributed by atoms with Crippen molar-refractivity contribution in [3.63, 3.8) is 0 Å². The summed E-state index contributed by atoms with van der Waals surface area (Å²) in [5, 5.41) is 9.14. The number of carbonyl (C=O) groups is 2. The number of hydrogen-bond donors (Lipinski definition) is 1. The number of amides is 1. The number of aliphatic carboxylic acids is 1. The van der Waals surface area contributed by atoms with Crippen LogP contribution in [0.3, 0.4) is 0 Å². The Kier molecular flexibility index (Phi) is 3.47. The average Bonchev–Trinajstić information content (AvgIpc) is 2.90. The fraction of sp³-hybridized carbons (Fsp3) is 0.500. The molecule has 20 heavy (non-hydrogen) atoms. The van der Waals surface area contributed by atoms with Gasteiger partial charge in [-0.15, -0.1) is 0 Å². The Morgan fingerprint density at radius 2 is 1.90 bits per heavy atom. The number of carboxylic acid groups (broad SMARTS) is 1. The molecule has 1 aliphatic carbocycles.